The summed E-state index contributed by atoms with van der Waals surface area (Å²) >= 11 is 0. The highest BCUT2D eigenvalue weighted by molar-refractivity contribution is 7.92. The van der Waals surface area contributed by atoms with Gasteiger partial charge in [0.2, 0.25) is 0 Å². The van der Waals surface area contributed by atoms with Gasteiger partial charge in [-0.3, -0.25) is 4.79 Å². The van der Waals surface area contributed by atoms with Crippen LogP contribution >= 0.6 is 0 Å². The smallest absolute Gasteiger partial charge is 0.157 e. The molecular weight excluding hydrogens is 152 g/mol. The van der Waals surface area contributed by atoms with Crippen LogP contribution in [0.4, 0.5) is 0 Å². The first-order valence-corrected chi connectivity index (χ1v) is 5.00. The molecule has 0 fully saturated rings. The Kier molecular flexibility index (Phi) is 3.57. The molecule has 0 saturated carbocycles. The molecule has 0 N–H and O–H groups in total. The molecule has 0 aromatic heterocycles. The highest BCUT2D eigenvalue weighted by Crippen LogP contribution is 1.93. The Hall–Kier alpha value is -0.380. The van der Waals surface area contributed by atoms with Crippen molar-refractivity contribution < 1.29 is 13.2 Å². The third-order valence-electron chi connectivity index (χ3n) is 0.938. The van der Waals surface area contributed by atoms with Gasteiger partial charge in [-0.05, 0) is 13.3 Å². The highest BCUT2D eigenvalue weighted by atomic mass is 32.2. The Morgan fingerprint density at radius 2 is 1.90 bits per heavy atom. The van der Waals surface area contributed by atoms with Crippen molar-refractivity contribution >= 4 is 15.6 Å². The number of sulfone groups is 1. The van der Waals surface area contributed by atoms with Crippen molar-refractivity contribution in [2.75, 3.05) is 11.5 Å². The molecule has 0 saturated heterocycles. The van der Waals surface area contributed by atoms with E-state index in [1.165, 1.54) is 6.92 Å². The number of Topliss-reactive ketones (excluding diaryl/α,β-unsaturated/α-hetero) is 1. The van der Waals surface area contributed by atoms with E-state index in [1.54, 1.807) is 6.92 Å². The fraction of sp³-hybridized carbons (Fsp3) is 0.833. The Bertz CT molecular complexity index is 203. The van der Waals surface area contributed by atoms with Gasteiger partial charge in [-0.1, -0.05) is 6.92 Å². The predicted octanol–water partition coefficient (Wildman–Crippen LogP) is 0.400. The van der Waals surface area contributed by atoms with Crippen LogP contribution in [-0.2, 0) is 14.6 Å². The summed E-state index contributed by atoms with van der Waals surface area (Å²) < 4.78 is 21.6. The summed E-state index contributed by atoms with van der Waals surface area (Å²) in [5.74, 6) is -0.471. The molecule has 0 bridgehead atoms. The lowest BCUT2D eigenvalue weighted by Crippen LogP contribution is -2.15. The van der Waals surface area contributed by atoms with Gasteiger partial charge in [-0.25, -0.2) is 8.42 Å². The topological polar surface area (TPSA) is 51.2 Å². The van der Waals surface area contributed by atoms with Crippen LogP contribution in [0.2, 0.25) is 0 Å². The number of ketones is 1. The van der Waals surface area contributed by atoms with Crippen molar-refractivity contribution in [1.29, 1.82) is 0 Å². The lowest BCUT2D eigenvalue weighted by atomic mass is 10.5. The first-order valence-electron chi connectivity index (χ1n) is 3.18. The normalized spacial score (nSPS) is 11.4. The van der Waals surface area contributed by atoms with Gasteiger partial charge in [0, 0.05) is 0 Å². The van der Waals surface area contributed by atoms with Gasteiger partial charge >= 0.3 is 0 Å². The molecule has 0 amide bonds. The van der Waals surface area contributed by atoms with Crippen LogP contribution in [0.3, 0.4) is 0 Å². The summed E-state index contributed by atoms with van der Waals surface area (Å²) in [6.07, 6.45) is 0.579. The van der Waals surface area contributed by atoms with Gasteiger partial charge in [0.05, 0.1) is 5.75 Å². The Balaban J connectivity index is 4.02. The van der Waals surface area contributed by atoms with E-state index in [9.17, 15) is 13.2 Å². The van der Waals surface area contributed by atoms with Crippen LogP contribution in [-0.4, -0.2) is 25.7 Å². The number of hydrogen-bond acceptors (Lipinski definition) is 3. The predicted molar refractivity (Wildman–Crippen MR) is 39.6 cm³/mol. The molecule has 0 rings (SSSR count). The van der Waals surface area contributed by atoms with E-state index in [4.69, 9.17) is 0 Å². The second-order valence-corrected chi connectivity index (χ2v) is 4.48. The molecule has 0 heterocycles. The number of hydrogen-bond donors (Lipinski definition) is 0. The molecule has 4 heteroatoms. The average molecular weight is 164 g/mol. The highest BCUT2D eigenvalue weighted by Gasteiger charge is 2.11. The molecule has 10 heavy (non-hydrogen) atoms. The first-order chi connectivity index (χ1) is 4.48. The maximum Gasteiger partial charge on any atom is 0.157 e. The summed E-state index contributed by atoms with van der Waals surface area (Å²) in [5, 5.41) is 0. The van der Waals surface area contributed by atoms with E-state index in [2.05, 4.69) is 0 Å². The summed E-state index contributed by atoms with van der Waals surface area (Å²) in [4.78, 5) is 10.4. The van der Waals surface area contributed by atoms with Crippen molar-refractivity contribution in [1.82, 2.24) is 0 Å². The van der Waals surface area contributed by atoms with Gasteiger partial charge in [-0.15, -0.1) is 0 Å². The van der Waals surface area contributed by atoms with Crippen molar-refractivity contribution in [3.63, 3.8) is 0 Å². The quantitative estimate of drug-likeness (QED) is 0.604. The second-order valence-electron chi connectivity index (χ2n) is 2.29. The standard InChI is InChI=1S/C6H12O3S/c1-3-4-10(8,9)5-6(2)7/h3-5H2,1-2H3. The fourth-order valence-electron chi connectivity index (χ4n) is 0.693. The van der Waals surface area contributed by atoms with Crippen molar-refractivity contribution in [2.45, 2.75) is 20.3 Å². The van der Waals surface area contributed by atoms with Gasteiger partial charge in [0.15, 0.2) is 9.84 Å². The maximum atomic E-state index is 10.8. The zero-order valence-corrected chi connectivity index (χ0v) is 7.07. The van der Waals surface area contributed by atoms with E-state index in [0.717, 1.165) is 0 Å². The molecule has 0 atom stereocenters. The molecule has 0 aromatic carbocycles. The van der Waals surface area contributed by atoms with Crippen molar-refractivity contribution in [2.24, 2.45) is 0 Å². The number of rotatable bonds is 4. The number of carbonyl (C=O) groups is 1. The molecule has 0 aliphatic heterocycles. The lowest BCUT2D eigenvalue weighted by molar-refractivity contribution is -0.114. The van der Waals surface area contributed by atoms with Crippen LogP contribution in [0, 0.1) is 0 Å². The van der Waals surface area contributed by atoms with Crippen LogP contribution in [0.15, 0.2) is 0 Å². The van der Waals surface area contributed by atoms with E-state index in [0.29, 0.717) is 6.42 Å². The Labute approximate surface area is 61.4 Å². The molecular formula is C6H12O3S. The molecule has 0 aromatic rings. The molecule has 0 aliphatic rings. The molecule has 3 nitrogen and oxygen atoms in total. The zero-order chi connectivity index (χ0) is 8.20. The minimum absolute atomic E-state index is 0.118. The van der Waals surface area contributed by atoms with Gasteiger partial charge in [0.25, 0.3) is 0 Å². The third kappa shape index (κ3) is 4.49. The van der Waals surface area contributed by atoms with E-state index < -0.39 is 9.84 Å². The largest absolute Gasteiger partial charge is 0.299 e. The van der Waals surface area contributed by atoms with E-state index >= 15 is 0 Å². The van der Waals surface area contributed by atoms with Crippen molar-refractivity contribution in [3.8, 4) is 0 Å². The minimum atomic E-state index is -3.08. The fourth-order valence-corrected chi connectivity index (χ4v) is 2.08. The molecule has 0 aliphatic carbocycles. The van der Waals surface area contributed by atoms with E-state index in [1.807, 2.05) is 0 Å². The molecule has 0 radical (unpaired) electrons. The van der Waals surface area contributed by atoms with Crippen molar-refractivity contribution in [3.05, 3.63) is 0 Å². The molecule has 0 unspecified atom stereocenters. The van der Waals surface area contributed by atoms with Gasteiger partial charge in [0.1, 0.15) is 11.5 Å². The summed E-state index contributed by atoms with van der Waals surface area (Å²) in [6.45, 7) is 3.06. The summed E-state index contributed by atoms with van der Waals surface area (Å²) in [7, 11) is -3.08. The average Bonchev–Trinajstić information content (AvgIpc) is 1.59. The van der Waals surface area contributed by atoms with Gasteiger partial charge in [-0.2, -0.15) is 0 Å². The van der Waals surface area contributed by atoms with Crippen LogP contribution in [0.5, 0.6) is 0 Å². The van der Waals surface area contributed by atoms with Crippen LogP contribution < -0.4 is 0 Å². The SMILES string of the molecule is CCCS(=O)(=O)CC(C)=O. The van der Waals surface area contributed by atoms with Crippen LogP contribution in [0.1, 0.15) is 20.3 Å². The molecule has 60 valence electrons. The Morgan fingerprint density at radius 1 is 1.40 bits per heavy atom. The Morgan fingerprint density at radius 3 is 2.20 bits per heavy atom. The third-order valence-corrected chi connectivity index (χ3v) is 2.81. The number of carbonyl (C=O) groups excluding carboxylic acids is 1. The first kappa shape index (κ1) is 9.62. The van der Waals surface area contributed by atoms with Gasteiger partial charge < -0.3 is 0 Å². The van der Waals surface area contributed by atoms with E-state index in [-0.39, 0.29) is 17.3 Å². The summed E-state index contributed by atoms with van der Waals surface area (Å²) in [5.41, 5.74) is 0. The zero-order valence-electron chi connectivity index (χ0n) is 6.25. The maximum absolute atomic E-state index is 10.8. The lowest BCUT2D eigenvalue weighted by Gasteiger charge is -1.96. The van der Waals surface area contributed by atoms with Crippen LogP contribution in [0.25, 0.3) is 0 Å². The molecule has 0 spiro atoms. The minimum Gasteiger partial charge on any atom is -0.299 e. The summed E-state index contributed by atoms with van der Waals surface area (Å²) in [6, 6.07) is 0. The second kappa shape index (κ2) is 3.71. The monoisotopic (exact) mass is 164 g/mol.